The van der Waals surface area contributed by atoms with Gasteiger partial charge >= 0.3 is 5.97 Å². The second-order valence-corrected chi connectivity index (χ2v) is 8.03. The number of Topliss-reactive ketones (excluding diaryl/α,β-unsaturated/α-hetero) is 1. The number of nitrogens with zero attached hydrogens (tertiary/aromatic N) is 2. The van der Waals surface area contributed by atoms with Crippen LogP contribution in [0.5, 0.6) is 11.5 Å². The van der Waals surface area contributed by atoms with Crippen LogP contribution in [0, 0.1) is 13.8 Å². The zero-order chi connectivity index (χ0) is 22.9. The monoisotopic (exact) mass is 445 g/mol. The van der Waals surface area contributed by atoms with Crippen LogP contribution in [0.1, 0.15) is 32.9 Å². The average Bonchev–Trinajstić information content (AvgIpc) is 3.52. The van der Waals surface area contributed by atoms with E-state index in [1.807, 2.05) is 50.2 Å². The SMILES string of the molecule is Cc1cc(C(=O)COC(=O)Cc2c[nH]c3ncccc23)c(C)n1Cc1ccc2c(c1)OCO2. The first-order chi connectivity index (χ1) is 16.0. The third-order valence-corrected chi connectivity index (χ3v) is 5.89. The van der Waals surface area contributed by atoms with E-state index in [2.05, 4.69) is 14.5 Å². The number of aromatic nitrogens is 3. The molecule has 1 N–H and O–H groups in total. The number of nitrogens with one attached hydrogen (secondary N) is 1. The second kappa shape index (κ2) is 8.46. The highest BCUT2D eigenvalue weighted by Gasteiger charge is 2.19. The molecule has 8 heteroatoms. The van der Waals surface area contributed by atoms with Gasteiger partial charge in [-0.05, 0) is 55.3 Å². The Labute approximate surface area is 190 Å². The largest absolute Gasteiger partial charge is 0.457 e. The fraction of sp³-hybridized carbons (Fsp3) is 0.240. The van der Waals surface area contributed by atoms with Crippen molar-refractivity contribution >= 4 is 22.8 Å². The highest BCUT2D eigenvalue weighted by Crippen LogP contribution is 2.33. The Hall–Kier alpha value is -4.07. The Kier molecular flexibility index (Phi) is 5.34. The fourth-order valence-corrected chi connectivity index (χ4v) is 4.14. The van der Waals surface area contributed by atoms with Gasteiger partial charge in [-0.1, -0.05) is 6.07 Å². The predicted octanol–water partition coefficient (Wildman–Crippen LogP) is 3.73. The van der Waals surface area contributed by atoms with Gasteiger partial charge in [0.05, 0.1) is 6.42 Å². The van der Waals surface area contributed by atoms with Crippen LogP contribution in [-0.4, -0.2) is 39.7 Å². The van der Waals surface area contributed by atoms with Crippen LogP contribution >= 0.6 is 0 Å². The Balaban J connectivity index is 1.24. The Morgan fingerprint density at radius 2 is 2.00 bits per heavy atom. The maximum atomic E-state index is 12.8. The Morgan fingerprint density at radius 1 is 1.15 bits per heavy atom. The highest BCUT2D eigenvalue weighted by atomic mass is 16.7. The van der Waals surface area contributed by atoms with Crippen molar-refractivity contribution in [3.05, 3.63) is 76.9 Å². The molecule has 0 spiro atoms. The van der Waals surface area contributed by atoms with Crippen molar-refractivity contribution in [3.8, 4) is 11.5 Å². The fourth-order valence-electron chi connectivity index (χ4n) is 4.14. The Morgan fingerprint density at radius 3 is 2.88 bits per heavy atom. The summed E-state index contributed by atoms with van der Waals surface area (Å²) < 4.78 is 18.2. The summed E-state index contributed by atoms with van der Waals surface area (Å²) >= 11 is 0. The van der Waals surface area contributed by atoms with Crippen molar-refractivity contribution in [2.45, 2.75) is 26.8 Å². The van der Waals surface area contributed by atoms with E-state index in [4.69, 9.17) is 14.2 Å². The van der Waals surface area contributed by atoms with Crippen LogP contribution < -0.4 is 9.47 Å². The van der Waals surface area contributed by atoms with Gasteiger partial charge in [-0.25, -0.2) is 4.98 Å². The minimum Gasteiger partial charge on any atom is -0.457 e. The van der Waals surface area contributed by atoms with Gasteiger partial charge in [0, 0.05) is 41.3 Å². The van der Waals surface area contributed by atoms with E-state index in [0.29, 0.717) is 17.8 Å². The predicted molar refractivity (Wildman–Crippen MR) is 121 cm³/mol. The number of rotatable bonds is 7. The molecule has 0 saturated heterocycles. The van der Waals surface area contributed by atoms with Gasteiger partial charge < -0.3 is 23.8 Å². The molecule has 1 aromatic carbocycles. The van der Waals surface area contributed by atoms with Crippen molar-refractivity contribution in [1.29, 1.82) is 0 Å². The minimum absolute atomic E-state index is 0.0715. The smallest absolute Gasteiger partial charge is 0.310 e. The first-order valence-corrected chi connectivity index (χ1v) is 10.6. The molecule has 1 aliphatic rings. The summed E-state index contributed by atoms with van der Waals surface area (Å²) in [6.07, 6.45) is 3.50. The molecule has 5 rings (SSSR count). The minimum atomic E-state index is -0.456. The summed E-state index contributed by atoms with van der Waals surface area (Å²) in [5.41, 5.74) is 4.88. The first kappa shape index (κ1) is 20.8. The van der Waals surface area contributed by atoms with Crippen molar-refractivity contribution in [2.24, 2.45) is 0 Å². The molecule has 0 unspecified atom stereocenters. The molecular formula is C25H23N3O5. The van der Waals surface area contributed by atoms with Crippen LogP contribution in [0.25, 0.3) is 11.0 Å². The topological polar surface area (TPSA) is 95.4 Å². The van der Waals surface area contributed by atoms with Crippen LogP contribution in [0.2, 0.25) is 0 Å². The van der Waals surface area contributed by atoms with Crippen LogP contribution in [0.3, 0.4) is 0 Å². The molecule has 1 aliphatic heterocycles. The summed E-state index contributed by atoms with van der Waals surface area (Å²) in [5.74, 6) is 0.779. The van der Waals surface area contributed by atoms with E-state index in [1.54, 1.807) is 12.4 Å². The maximum absolute atomic E-state index is 12.8. The summed E-state index contributed by atoms with van der Waals surface area (Å²) in [4.78, 5) is 32.4. The van der Waals surface area contributed by atoms with Crippen LogP contribution in [-0.2, 0) is 22.5 Å². The number of carbonyl (C=O) groups is 2. The summed E-state index contributed by atoms with van der Waals surface area (Å²) in [6, 6.07) is 11.4. The molecule has 3 aromatic heterocycles. The van der Waals surface area contributed by atoms with Gasteiger partial charge in [-0.2, -0.15) is 0 Å². The lowest BCUT2D eigenvalue weighted by molar-refractivity contribution is -0.141. The quantitative estimate of drug-likeness (QED) is 0.344. The van der Waals surface area contributed by atoms with Gasteiger partial charge in [0.2, 0.25) is 12.6 Å². The van der Waals surface area contributed by atoms with E-state index in [1.165, 1.54) is 0 Å². The standard InChI is InChI=1S/C25H23N3O5/c1-15-8-20(16(2)28(15)12-17-5-6-22-23(9-17)33-14-32-22)21(29)13-31-24(30)10-18-11-27-25-19(18)4-3-7-26-25/h3-9,11H,10,12-14H2,1-2H3,(H,26,27). The molecule has 8 nitrogen and oxygen atoms in total. The lowest BCUT2D eigenvalue weighted by Gasteiger charge is -2.11. The number of hydrogen-bond donors (Lipinski definition) is 1. The summed E-state index contributed by atoms with van der Waals surface area (Å²) in [5, 5.41) is 0.868. The van der Waals surface area contributed by atoms with Gasteiger partial charge in [0.25, 0.3) is 0 Å². The molecule has 0 bridgehead atoms. The number of aryl methyl sites for hydroxylation is 1. The molecule has 0 fully saturated rings. The van der Waals surface area contributed by atoms with Crippen LogP contribution in [0.15, 0.2) is 48.8 Å². The number of H-pyrrole nitrogens is 1. The number of carbonyl (C=O) groups excluding carboxylic acids is 2. The Bertz CT molecular complexity index is 1370. The van der Waals surface area contributed by atoms with E-state index in [-0.39, 0.29) is 25.6 Å². The van der Waals surface area contributed by atoms with E-state index in [9.17, 15) is 9.59 Å². The number of aromatic amines is 1. The molecule has 0 amide bonds. The van der Waals surface area contributed by atoms with Crippen molar-refractivity contribution in [3.63, 3.8) is 0 Å². The van der Waals surface area contributed by atoms with Gasteiger partial charge in [0.15, 0.2) is 18.1 Å². The molecule has 33 heavy (non-hydrogen) atoms. The van der Waals surface area contributed by atoms with Gasteiger partial charge in [-0.3, -0.25) is 9.59 Å². The number of hydrogen-bond acceptors (Lipinski definition) is 6. The first-order valence-electron chi connectivity index (χ1n) is 10.6. The van der Waals surface area contributed by atoms with Crippen molar-refractivity contribution in [1.82, 2.24) is 14.5 Å². The van der Waals surface area contributed by atoms with Crippen molar-refractivity contribution < 1.29 is 23.8 Å². The molecule has 4 heterocycles. The molecule has 0 radical (unpaired) electrons. The molecule has 168 valence electrons. The third-order valence-electron chi connectivity index (χ3n) is 5.89. The average molecular weight is 445 g/mol. The van der Waals surface area contributed by atoms with E-state index >= 15 is 0 Å². The second-order valence-electron chi connectivity index (χ2n) is 8.03. The van der Waals surface area contributed by atoms with E-state index < -0.39 is 5.97 Å². The maximum Gasteiger partial charge on any atom is 0.310 e. The zero-order valence-corrected chi connectivity index (χ0v) is 18.4. The number of ketones is 1. The van der Waals surface area contributed by atoms with Gasteiger partial charge in [0.1, 0.15) is 5.65 Å². The lowest BCUT2D eigenvalue weighted by Crippen LogP contribution is -2.16. The summed E-state index contributed by atoms with van der Waals surface area (Å²) in [6.45, 7) is 4.38. The molecule has 0 aliphatic carbocycles. The molecular weight excluding hydrogens is 422 g/mol. The van der Waals surface area contributed by atoms with E-state index in [0.717, 1.165) is 39.4 Å². The number of fused-ring (bicyclic) bond motifs is 2. The van der Waals surface area contributed by atoms with Crippen molar-refractivity contribution in [2.75, 3.05) is 13.4 Å². The summed E-state index contributed by atoms with van der Waals surface area (Å²) in [7, 11) is 0. The normalized spacial score (nSPS) is 12.3. The molecule has 0 atom stereocenters. The number of pyridine rings is 1. The highest BCUT2D eigenvalue weighted by molar-refractivity contribution is 5.99. The number of ether oxygens (including phenoxy) is 3. The third kappa shape index (κ3) is 4.07. The van der Waals surface area contributed by atoms with Crippen LogP contribution in [0.4, 0.5) is 0 Å². The molecule has 4 aromatic rings. The molecule has 0 saturated carbocycles. The lowest BCUT2D eigenvalue weighted by atomic mass is 10.1. The number of benzene rings is 1. The zero-order valence-electron chi connectivity index (χ0n) is 18.4. The van der Waals surface area contributed by atoms with Gasteiger partial charge in [-0.15, -0.1) is 0 Å². The number of esters is 1.